The van der Waals surface area contributed by atoms with E-state index >= 15 is 0 Å². The van der Waals surface area contributed by atoms with Crippen molar-refractivity contribution in [3.63, 3.8) is 0 Å². The second-order valence-electron chi connectivity index (χ2n) is 6.33. The van der Waals surface area contributed by atoms with Gasteiger partial charge in [0.25, 0.3) is 0 Å². The van der Waals surface area contributed by atoms with Crippen LogP contribution in [0.1, 0.15) is 85.4 Å². The Morgan fingerprint density at radius 3 is 1.73 bits per heavy atom. The lowest BCUT2D eigenvalue weighted by molar-refractivity contribution is 0.0450. The first-order valence-electron chi connectivity index (χ1n) is 9.70. The molecule has 0 radical (unpaired) electrons. The van der Waals surface area contributed by atoms with E-state index < -0.39 is 11.9 Å². The van der Waals surface area contributed by atoms with Crippen LogP contribution in [0.2, 0.25) is 0 Å². The highest BCUT2D eigenvalue weighted by atomic mass is 35.5. The molecule has 0 aliphatic rings. The average molecular weight is 383 g/mol. The molecule has 0 fully saturated rings. The maximum absolute atomic E-state index is 12.3. The summed E-state index contributed by atoms with van der Waals surface area (Å²) in [5.74, 6) is -0.209. The van der Waals surface area contributed by atoms with Crippen molar-refractivity contribution < 1.29 is 19.1 Å². The van der Waals surface area contributed by atoms with Crippen molar-refractivity contribution in [2.45, 2.75) is 64.7 Å². The number of halogens is 1. The van der Waals surface area contributed by atoms with Crippen molar-refractivity contribution in [1.29, 1.82) is 0 Å². The third-order valence-corrected chi connectivity index (χ3v) is 4.38. The molecule has 5 heteroatoms. The molecule has 0 atom stereocenters. The normalized spacial score (nSPS) is 10.5. The van der Waals surface area contributed by atoms with E-state index in [-0.39, 0.29) is 11.1 Å². The van der Waals surface area contributed by atoms with Gasteiger partial charge in [0.05, 0.1) is 24.3 Å². The summed E-state index contributed by atoms with van der Waals surface area (Å²) in [6, 6.07) is 6.66. The lowest BCUT2D eigenvalue weighted by atomic mass is 10.1. The maximum atomic E-state index is 12.3. The monoisotopic (exact) mass is 382 g/mol. The number of benzene rings is 1. The number of unbranched alkanes of at least 4 members (excludes halogenated alkanes) is 7. The number of carbonyl (C=O) groups excluding carboxylic acids is 2. The second-order valence-corrected chi connectivity index (χ2v) is 6.71. The number of hydrogen-bond acceptors (Lipinski definition) is 4. The average Bonchev–Trinajstić information content (AvgIpc) is 2.67. The Balaban J connectivity index is 2.38. The van der Waals surface area contributed by atoms with Crippen LogP contribution in [-0.2, 0) is 9.47 Å². The van der Waals surface area contributed by atoms with Crippen LogP contribution >= 0.6 is 11.6 Å². The van der Waals surface area contributed by atoms with E-state index in [1.807, 2.05) is 0 Å². The Kier molecular flexibility index (Phi) is 12.6. The maximum Gasteiger partial charge on any atom is 0.339 e. The topological polar surface area (TPSA) is 52.6 Å². The van der Waals surface area contributed by atoms with Gasteiger partial charge >= 0.3 is 11.9 Å². The standard InChI is InChI=1S/C21H31ClO4/c1-2-3-11-16-25-20(23)18-13-8-9-14-19(18)21(24)26-17-12-7-5-4-6-10-15-22/h8-9,13-14H,2-7,10-12,15-17H2,1H3. The Labute approximate surface area is 162 Å². The minimum Gasteiger partial charge on any atom is -0.462 e. The zero-order chi connectivity index (χ0) is 19.0. The number of carbonyl (C=O) groups is 2. The molecule has 0 saturated heterocycles. The fraction of sp³-hybridized carbons (Fsp3) is 0.619. The first-order valence-corrected chi connectivity index (χ1v) is 10.2. The van der Waals surface area contributed by atoms with Crippen molar-refractivity contribution in [2.24, 2.45) is 0 Å². The minimum atomic E-state index is -0.465. The van der Waals surface area contributed by atoms with Crippen LogP contribution in [0.4, 0.5) is 0 Å². The third kappa shape index (κ3) is 9.23. The molecule has 0 amide bonds. The Bertz CT molecular complexity index is 530. The van der Waals surface area contributed by atoms with Gasteiger partial charge in [-0.3, -0.25) is 0 Å². The van der Waals surface area contributed by atoms with E-state index in [0.717, 1.165) is 63.7 Å². The van der Waals surface area contributed by atoms with Gasteiger partial charge in [0.2, 0.25) is 0 Å². The molecule has 0 aromatic heterocycles. The fourth-order valence-corrected chi connectivity index (χ4v) is 2.77. The van der Waals surface area contributed by atoms with Gasteiger partial charge < -0.3 is 9.47 Å². The molecule has 146 valence electrons. The van der Waals surface area contributed by atoms with Crippen LogP contribution in [0.3, 0.4) is 0 Å². The van der Waals surface area contributed by atoms with Crippen LogP contribution in [0.25, 0.3) is 0 Å². The van der Waals surface area contributed by atoms with E-state index in [1.54, 1.807) is 24.3 Å². The van der Waals surface area contributed by atoms with E-state index in [2.05, 4.69) is 6.92 Å². The van der Waals surface area contributed by atoms with Gasteiger partial charge in [-0.15, -0.1) is 11.6 Å². The molecular weight excluding hydrogens is 352 g/mol. The summed E-state index contributed by atoms with van der Waals surface area (Å²) in [6.45, 7) is 2.83. The summed E-state index contributed by atoms with van der Waals surface area (Å²) < 4.78 is 10.6. The van der Waals surface area contributed by atoms with E-state index in [1.165, 1.54) is 0 Å². The number of esters is 2. The van der Waals surface area contributed by atoms with Crippen molar-refractivity contribution >= 4 is 23.5 Å². The molecule has 0 saturated carbocycles. The molecule has 1 rings (SSSR count). The van der Waals surface area contributed by atoms with E-state index in [4.69, 9.17) is 21.1 Å². The minimum absolute atomic E-state index is 0.273. The largest absolute Gasteiger partial charge is 0.462 e. The summed E-state index contributed by atoms with van der Waals surface area (Å²) in [6.07, 6.45) is 9.25. The van der Waals surface area contributed by atoms with Crippen molar-refractivity contribution in [3.05, 3.63) is 35.4 Å². The SMILES string of the molecule is CCCCCOC(=O)c1ccccc1C(=O)OCCCCCCCCCl. The number of rotatable bonds is 14. The Morgan fingerprint density at radius 1 is 0.769 bits per heavy atom. The van der Waals surface area contributed by atoms with E-state index in [9.17, 15) is 9.59 Å². The number of alkyl halides is 1. The van der Waals surface area contributed by atoms with Crippen molar-refractivity contribution in [3.8, 4) is 0 Å². The highest BCUT2D eigenvalue weighted by Gasteiger charge is 2.18. The van der Waals surface area contributed by atoms with Crippen molar-refractivity contribution in [2.75, 3.05) is 19.1 Å². The highest BCUT2D eigenvalue weighted by Crippen LogP contribution is 2.13. The lowest BCUT2D eigenvalue weighted by Gasteiger charge is -2.10. The second kappa shape index (κ2) is 14.6. The molecule has 0 unspecified atom stereocenters. The smallest absolute Gasteiger partial charge is 0.339 e. The predicted octanol–water partition coefficient (Wildman–Crippen LogP) is 5.77. The van der Waals surface area contributed by atoms with Gasteiger partial charge in [0.1, 0.15) is 0 Å². The molecule has 1 aromatic carbocycles. The predicted molar refractivity (Wildman–Crippen MR) is 105 cm³/mol. The van der Waals surface area contributed by atoms with Crippen LogP contribution in [-0.4, -0.2) is 31.0 Å². The van der Waals surface area contributed by atoms with Crippen molar-refractivity contribution in [1.82, 2.24) is 0 Å². The Morgan fingerprint density at radius 2 is 1.23 bits per heavy atom. The molecule has 0 bridgehead atoms. The summed E-state index contributed by atoms with van der Waals surface area (Å²) >= 11 is 5.64. The number of ether oxygens (including phenoxy) is 2. The zero-order valence-electron chi connectivity index (χ0n) is 15.8. The summed E-state index contributed by atoms with van der Waals surface area (Å²) in [5.41, 5.74) is 0.546. The van der Waals surface area contributed by atoms with Crippen LogP contribution in [0, 0.1) is 0 Å². The first kappa shape index (κ1) is 22.5. The van der Waals surface area contributed by atoms with Gasteiger partial charge in [-0.2, -0.15) is 0 Å². The lowest BCUT2D eigenvalue weighted by Crippen LogP contribution is -2.15. The summed E-state index contributed by atoms with van der Waals surface area (Å²) in [7, 11) is 0. The van der Waals surface area contributed by atoms with Crippen LogP contribution < -0.4 is 0 Å². The van der Waals surface area contributed by atoms with Gasteiger partial charge in [-0.05, 0) is 31.4 Å². The molecule has 0 aliphatic carbocycles. The molecule has 0 aliphatic heterocycles. The Hall–Kier alpha value is -1.55. The third-order valence-electron chi connectivity index (χ3n) is 4.11. The van der Waals surface area contributed by atoms with Gasteiger partial charge in [0.15, 0.2) is 0 Å². The quantitative estimate of drug-likeness (QED) is 0.233. The first-order chi connectivity index (χ1) is 12.7. The highest BCUT2D eigenvalue weighted by molar-refractivity contribution is 6.17. The number of hydrogen-bond donors (Lipinski definition) is 0. The van der Waals surface area contributed by atoms with Crippen LogP contribution in [0.15, 0.2) is 24.3 Å². The molecule has 0 spiro atoms. The summed E-state index contributed by atoms with van der Waals surface area (Å²) in [4.78, 5) is 24.5. The molecule has 0 heterocycles. The van der Waals surface area contributed by atoms with Gasteiger partial charge in [0, 0.05) is 5.88 Å². The van der Waals surface area contributed by atoms with Gasteiger partial charge in [-0.1, -0.05) is 57.6 Å². The molecule has 0 N–H and O–H groups in total. The summed E-state index contributed by atoms with van der Waals surface area (Å²) in [5, 5.41) is 0. The zero-order valence-corrected chi connectivity index (χ0v) is 16.6. The van der Waals surface area contributed by atoms with Crippen LogP contribution in [0.5, 0.6) is 0 Å². The molecule has 26 heavy (non-hydrogen) atoms. The van der Waals surface area contributed by atoms with Gasteiger partial charge in [-0.25, -0.2) is 9.59 Å². The van der Waals surface area contributed by atoms with E-state index in [0.29, 0.717) is 13.2 Å². The molecular formula is C21H31ClO4. The fourth-order valence-electron chi connectivity index (χ4n) is 2.58. The molecule has 4 nitrogen and oxygen atoms in total. The molecule has 1 aromatic rings.